The number of hydrogen-bond acceptors (Lipinski definition) is 3. The Hall–Kier alpha value is -5.28. The lowest BCUT2D eigenvalue weighted by Crippen LogP contribution is -2.11. The van der Waals surface area contributed by atoms with Crippen molar-refractivity contribution in [1.29, 1.82) is 0 Å². The summed E-state index contributed by atoms with van der Waals surface area (Å²) in [5.74, 6) is 0. The number of rotatable bonds is 5. The summed E-state index contributed by atoms with van der Waals surface area (Å²) in [7, 11) is 0. The first-order chi connectivity index (χ1) is 19.3. The molecule has 7 rings (SSSR count). The molecule has 0 spiro atoms. The van der Waals surface area contributed by atoms with Crippen molar-refractivity contribution >= 4 is 38.9 Å². The molecule has 0 saturated carbocycles. The van der Waals surface area contributed by atoms with Crippen LogP contribution in [-0.4, -0.2) is 9.97 Å². The molecule has 39 heavy (non-hydrogen) atoms. The van der Waals surface area contributed by atoms with Gasteiger partial charge in [-0.1, -0.05) is 91.0 Å². The molecule has 0 aliphatic carbocycles. The summed E-state index contributed by atoms with van der Waals surface area (Å²) in [6.45, 7) is 0. The van der Waals surface area contributed by atoms with Crippen LogP contribution in [0.3, 0.4) is 0 Å². The van der Waals surface area contributed by atoms with Crippen molar-refractivity contribution in [1.82, 2.24) is 9.97 Å². The van der Waals surface area contributed by atoms with Crippen LogP contribution in [0.25, 0.3) is 44.1 Å². The van der Waals surface area contributed by atoms with Gasteiger partial charge in [-0.25, -0.2) is 0 Å². The lowest BCUT2D eigenvalue weighted by molar-refractivity contribution is 1.29. The summed E-state index contributed by atoms with van der Waals surface area (Å²) in [5, 5.41) is 2.06. The summed E-state index contributed by atoms with van der Waals surface area (Å²) in [6.07, 6.45) is 3.76. The zero-order chi connectivity index (χ0) is 26.0. The van der Waals surface area contributed by atoms with Gasteiger partial charge in [0.15, 0.2) is 0 Å². The van der Waals surface area contributed by atoms with Gasteiger partial charge in [-0.3, -0.25) is 9.97 Å². The number of benzene rings is 5. The molecule has 3 heteroatoms. The van der Waals surface area contributed by atoms with E-state index in [-0.39, 0.29) is 0 Å². The minimum Gasteiger partial charge on any atom is -0.310 e. The maximum atomic E-state index is 4.78. The predicted molar refractivity (Wildman–Crippen MR) is 163 cm³/mol. The van der Waals surface area contributed by atoms with Gasteiger partial charge in [-0.05, 0) is 70.8 Å². The van der Waals surface area contributed by atoms with Crippen molar-refractivity contribution in [3.63, 3.8) is 0 Å². The maximum Gasteiger partial charge on any atom is 0.0832 e. The molecule has 2 aromatic heterocycles. The van der Waals surface area contributed by atoms with Crippen molar-refractivity contribution in [2.75, 3.05) is 4.90 Å². The Balaban J connectivity index is 1.42. The van der Waals surface area contributed by atoms with Crippen LogP contribution in [0.2, 0.25) is 0 Å². The van der Waals surface area contributed by atoms with Crippen LogP contribution in [-0.2, 0) is 0 Å². The molecule has 0 saturated heterocycles. The first-order valence-corrected chi connectivity index (χ1v) is 13.1. The molecule has 0 fully saturated rings. The Bertz CT molecular complexity index is 1800. The zero-order valence-electron chi connectivity index (χ0n) is 21.3. The third kappa shape index (κ3) is 4.30. The highest BCUT2D eigenvalue weighted by atomic mass is 15.1. The Morgan fingerprint density at radius 1 is 0.436 bits per heavy atom. The molecule has 0 radical (unpaired) electrons. The normalized spacial score (nSPS) is 11.1. The molecular weight excluding hydrogens is 474 g/mol. The van der Waals surface area contributed by atoms with Gasteiger partial charge in [-0.15, -0.1) is 0 Å². The Kier molecular flexibility index (Phi) is 5.80. The van der Waals surface area contributed by atoms with E-state index in [1.54, 1.807) is 0 Å². The summed E-state index contributed by atoms with van der Waals surface area (Å²) >= 11 is 0. The van der Waals surface area contributed by atoms with Crippen LogP contribution < -0.4 is 4.90 Å². The van der Waals surface area contributed by atoms with Gasteiger partial charge in [-0.2, -0.15) is 0 Å². The number of aromatic nitrogens is 2. The molecule has 0 aliphatic rings. The quantitative estimate of drug-likeness (QED) is 0.221. The second-order valence-corrected chi connectivity index (χ2v) is 9.53. The Morgan fingerprint density at radius 2 is 1.00 bits per heavy atom. The second kappa shape index (κ2) is 9.88. The van der Waals surface area contributed by atoms with E-state index in [1.807, 2.05) is 30.6 Å². The van der Waals surface area contributed by atoms with Crippen molar-refractivity contribution in [2.24, 2.45) is 0 Å². The highest BCUT2D eigenvalue weighted by Gasteiger charge is 2.18. The molecule has 3 nitrogen and oxygen atoms in total. The number of anilines is 3. The van der Waals surface area contributed by atoms with E-state index < -0.39 is 0 Å². The summed E-state index contributed by atoms with van der Waals surface area (Å²) < 4.78 is 0. The second-order valence-electron chi connectivity index (χ2n) is 9.53. The van der Waals surface area contributed by atoms with Gasteiger partial charge < -0.3 is 4.90 Å². The van der Waals surface area contributed by atoms with Crippen LogP contribution in [0, 0.1) is 0 Å². The summed E-state index contributed by atoms with van der Waals surface area (Å²) in [5.41, 5.74) is 9.83. The molecule has 0 amide bonds. The third-order valence-corrected chi connectivity index (χ3v) is 7.15. The lowest BCUT2D eigenvalue weighted by atomic mass is 10.0. The molecule has 0 unspecified atom stereocenters. The first kappa shape index (κ1) is 22.9. The first-order valence-electron chi connectivity index (χ1n) is 13.1. The Morgan fingerprint density at radius 3 is 1.59 bits per heavy atom. The van der Waals surface area contributed by atoms with Crippen molar-refractivity contribution in [3.8, 4) is 22.3 Å². The van der Waals surface area contributed by atoms with Crippen LogP contribution in [0.15, 0.2) is 152 Å². The average Bonchev–Trinajstić information content (AvgIpc) is 3.03. The fourth-order valence-corrected chi connectivity index (χ4v) is 5.23. The van der Waals surface area contributed by atoms with Crippen LogP contribution in [0.1, 0.15) is 0 Å². The fourth-order valence-electron chi connectivity index (χ4n) is 5.23. The van der Waals surface area contributed by atoms with E-state index in [4.69, 9.17) is 9.97 Å². The Labute approximate surface area is 227 Å². The fraction of sp³-hybridized carbons (Fsp3) is 0. The predicted octanol–water partition coefficient (Wildman–Crippen LogP) is 9.59. The van der Waals surface area contributed by atoms with Crippen molar-refractivity contribution in [2.45, 2.75) is 0 Å². The van der Waals surface area contributed by atoms with E-state index in [1.165, 1.54) is 22.3 Å². The van der Waals surface area contributed by atoms with Crippen LogP contribution in [0.5, 0.6) is 0 Å². The van der Waals surface area contributed by atoms with E-state index in [0.717, 1.165) is 38.9 Å². The molecule has 7 aromatic rings. The van der Waals surface area contributed by atoms with Gasteiger partial charge in [0, 0.05) is 29.2 Å². The third-order valence-electron chi connectivity index (χ3n) is 7.15. The molecular formula is C36H25N3. The van der Waals surface area contributed by atoms with Crippen molar-refractivity contribution < 1.29 is 0 Å². The standard InChI is InChI=1S/C36H25N3/c1-3-9-26(10-4-1)28-16-20-31(21-17-28)39(32-22-18-29(19-23-32)27-11-5-2-6-12-27)34-15-7-14-33-35(34)36-30(25-38-33)13-8-24-37-36/h1-25H. The molecule has 2 heterocycles. The average molecular weight is 500 g/mol. The maximum absolute atomic E-state index is 4.78. The van der Waals surface area contributed by atoms with Gasteiger partial charge in [0.2, 0.25) is 0 Å². The van der Waals surface area contributed by atoms with Crippen LogP contribution in [0.4, 0.5) is 17.1 Å². The minimum atomic E-state index is 0.922. The van der Waals surface area contributed by atoms with Gasteiger partial charge >= 0.3 is 0 Å². The molecule has 184 valence electrons. The molecule has 0 atom stereocenters. The summed E-state index contributed by atoms with van der Waals surface area (Å²) in [4.78, 5) is 11.9. The van der Waals surface area contributed by atoms with Crippen molar-refractivity contribution in [3.05, 3.63) is 152 Å². The molecule has 5 aromatic carbocycles. The van der Waals surface area contributed by atoms with E-state index >= 15 is 0 Å². The van der Waals surface area contributed by atoms with E-state index in [2.05, 4.69) is 126 Å². The number of fused-ring (bicyclic) bond motifs is 3. The summed E-state index contributed by atoms with van der Waals surface area (Å²) in [6, 6.07) is 48.8. The van der Waals surface area contributed by atoms with Gasteiger partial charge in [0.1, 0.15) is 0 Å². The highest BCUT2D eigenvalue weighted by molar-refractivity contribution is 6.11. The SMILES string of the molecule is c1ccc(-c2ccc(N(c3ccc(-c4ccccc4)cc3)c3cccc4ncc5cccnc5c34)cc2)cc1. The van der Waals surface area contributed by atoms with E-state index in [9.17, 15) is 0 Å². The molecule has 0 N–H and O–H groups in total. The number of pyridine rings is 2. The zero-order valence-corrected chi connectivity index (χ0v) is 21.3. The smallest absolute Gasteiger partial charge is 0.0832 e. The topological polar surface area (TPSA) is 29.0 Å². The monoisotopic (exact) mass is 499 g/mol. The van der Waals surface area contributed by atoms with Crippen LogP contribution >= 0.6 is 0 Å². The molecule has 0 bridgehead atoms. The largest absolute Gasteiger partial charge is 0.310 e. The molecule has 0 aliphatic heterocycles. The lowest BCUT2D eigenvalue weighted by Gasteiger charge is -2.27. The number of nitrogens with zero attached hydrogens (tertiary/aromatic N) is 3. The minimum absolute atomic E-state index is 0.922. The van der Waals surface area contributed by atoms with Gasteiger partial charge in [0.25, 0.3) is 0 Å². The highest BCUT2D eigenvalue weighted by Crippen LogP contribution is 2.41. The van der Waals surface area contributed by atoms with E-state index in [0.29, 0.717) is 0 Å². The number of hydrogen-bond donors (Lipinski definition) is 0. The van der Waals surface area contributed by atoms with Gasteiger partial charge in [0.05, 0.1) is 22.1 Å².